The van der Waals surface area contributed by atoms with Crippen LogP contribution < -0.4 is 5.73 Å². The van der Waals surface area contributed by atoms with E-state index in [1.54, 1.807) is 16.8 Å². The lowest BCUT2D eigenvalue weighted by Crippen LogP contribution is -2.44. The number of anilines is 1. The molecule has 34 heavy (non-hydrogen) atoms. The van der Waals surface area contributed by atoms with Gasteiger partial charge in [0.1, 0.15) is 35.6 Å². The van der Waals surface area contributed by atoms with E-state index in [9.17, 15) is 14.8 Å². The quantitative estimate of drug-likeness (QED) is 0.401. The highest BCUT2D eigenvalue weighted by Gasteiger charge is 2.54. The molecular weight excluding hydrogens is 531 g/mol. The van der Waals surface area contributed by atoms with Gasteiger partial charge in [-0.3, -0.25) is 13.6 Å². The lowest BCUT2D eigenvalue weighted by atomic mass is 9.96. The summed E-state index contributed by atoms with van der Waals surface area (Å²) in [6.07, 6.45) is -0.394. The van der Waals surface area contributed by atoms with Crippen LogP contribution in [0, 0.1) is 0 Å². The van der Waals surface area contributed by atoms with Gasteiger partial charge in [0.15, 0.2) is 6.23 Å². The molecule has 0 amide bonds. The first-order valence-electron chi connectivity index (χ1n) is 10.6. The van der Waals surface area contributed by atoms with Gasteiger partial charge < -0.3 is 25.3 Å². The molecule has 0 radical (unpaired) electrons. The molecule has 11 nitrogen and oxygen atoms in total. The Balaban J connectivity index is 1.31. The average molecular weight is 555 g/mol. The Morgan fingerprint density at radius 1 is 1.38 bits per heavy atom. The molecule has 6 atom stereocenters. The van der Waals surface area contributed by atoms with Crippen LogP contribution in [0.1, 0.15) is 31.2 Å². The summed E-state index contributed by atoms with van der Waals surface area (Å²) in [5.41, 5.74) is 5.47. The second-order valence-electron chi connectivity index (χ2n) is 8.43. The number of ether oxygens (including phenoxy) is 1. The van der Waals surface area contributed by atoms with Crippen LogP contribution in [-0.2, 0) is 22.9 Å². The maximum Gasteiger partial charge on any atom is 0.475 e. The van der Waals surface area contributed by atoms with Crippen LogP contribution in [0.5, 0.6) is 0 Å². The number of nitrogens with zero attached hydrogens (tertiary/aromatic N) is 3. The van der Waals surface area contributed by atoms with Crippen molar-refractivity contribution in [3.63, 3.8) is 0 Å². The molecule has 1 unspecified atom stereocenters. The van der Waals surface area contributed by atoms with Gasteiger partial charge in [0.05, 0.1) is 24.7 Å². The Morgan fingerprint density at radius 3 is 3.00 bits per heavy atom. The summed E-state index contributed by atoms with van der Waals surface area (Å²) in [6.45, 7) is 1.30. The summed E-state index contributed by atoms with van der Waals surface area (Å²) in [6, 6.07) is 9.19. The first kappa shape index (κ1) is 23.8. The van der Waals surface area contributed by atoms with Crippen molar-refractivity contribution in [3.8, 4) is 0 Å². The smallest absolute Gasteiger partial charge is 0.387 e. The monoisotopic (exact) mass is 554 g/mol. The van der Waals surface area contributed by atoms with E-state index in [1.807, 2.05) is 24.3 Å². The third-order valence-corrected chi connectivity index (χ3v) is 8.02. The van der Waals surface area contributed by atoms with Gasteiger partial charge in [-0.25, -0.2) is 14.5 Å². The standard InChI is InChI=1S/C21H24BrN4O7P/c1-21(28)17(27)16(32-20(21)26-7-5-14-18(23)24-11-25-19(14)26)10-31-34(29)30-8-6-15(33-34)12-3-2-4-13(22)9-12/h2-5,7,9,11,15-17,20,27-28H,6,8,10H2,1H3,(H2,23,24,25)/t15-,16+,17+,20+,21+,34?/m0/s1. The Hall–Kier alpha value is -1.89. The van der Waals surface area contributed by atoms with Crippen LogP contribution in [0.15, 0.2) is 47.3 Å². The van der Waals surface area contributed by atoms with Gasteiger partial charge in [-0.1, -0.05) is 28.1 Å². The van der Waals surface area contributed by atoms with Gasteiger partial charge in [-0.15, -0.1) is 0 Å². The molecular formula is C21H24BrN4O7P. The molecule has 0 saturated carbocycles. The van der Waals surface area contributed by atoms with E-state index in [2.05, 4.69) is 25.9 Å². The normalized spacial score (nSPS) is 34.0. The second-order valence-corrected chi connectivity index (χ2v) is 11.0. The predicted molar refractivity (Wildman–Crippen MR) is 125 cm³/mol. The summed E-state index contributed by atoms with van der Waals surface area (Å²) in [5, 5.41) is 22.4. The van der Waals surface area contributed by atoms with Crippen LogP contribution in [0.3, 0.4) is 0 Å². The number of benzene rings is 1. The van der Waals surface area contributed by atoms with Crippen LogP contribution in [-0.4, -0.2) is 55.8 Å². The summed E-state index contributed by atoms with van der Waals surface area (Å²) in [7, 11) is -3.93. The topological polar surface area (TPSA) is 151 Å². The fraction of sp³-hybridized carbons (Fsp3) is 0.429. The summed E-state index contributed by atoms with van der Waals surface area (Å²) < 4.78 is 38.0. The number of phosphoric ester groups is 1. The molecule has 2 aliphatic rings. The maximum absolute atomic E-state index is 13.1. The fourth-order valence-electron chi connectivity index (χ4n) is 4.23. The van der Waals surface area contributed by atoms with Crippen LogP contribution >= 0.6 is 23.8 Å². The lowest BCUT2D eigenvalue weighted by Gasteiger charge is -2.30. The first-order valence-corrected chi connectivity index (χ1v) is 12.9. The van der Waals surface area contributed by atoms with Crippen molar-refractivity contribution in [2.75, 3.05) is 18.9 Å². The molecule has 2 fully saturated rings. The minimum absolute atomic E-state index is 0.180. The number of fused-ring (bicyclic) bond motifs is 1. The Morgan fingerprint density at radius 2 is 2.21 bits per heavy atom. The number of hydrogen-bond donors (Lipinski definition) is 3. The van der Waals surface area contributed by atoms with E-state index in [1.165, 1.54) is 13.3 Å². The number of aromatic nitrogens is 3. The van der Waals surface area contributed by atoms with Gasteiger partial charge in [0, 0.05) is 17.1 Å². The van der Waals surface area contributed by atoms with Gasteiger partial charge in [0.2, 0.25) is 0 Å². The molecule has 2 aliphatic heterocycles. The van der Waals surface area contributed by atoms with E-state index in [4.69, 9.17) is 24.0 Å². The molecule has 0 aliphatic carbocycles. The van der Waals surface area contributed by atoms with E-state index < -0.39 is 38.0 Å². The molecule has 5 rings (SSSR count). The van der Waals surface area contributed by atoms with Gasteiger partial charge in [-0.2, -0.15) is 0 Å². The van der Waals surface area contributed by atoms with Gasteiger partial charge in [-0.05, 0) is 30.7 Å². The van der Waals surface area contributed by atoms with Crippen molar-refractivity contribution in [1.82, 2.24) is 14.5 Å². The number of aliphatic hydroxyl groups is 2. The minimum atomic E-state index is -3.93. The Labute approximate surface area is 203 Å². The number of hydrogen-bond acceptors (Lipinski definition) is 10. The molecule has 3 aromatic rings. The zero-order valence-corrected chi connectivity index (χ0v) is 20.6. The van der Waals surface area contributed by atoms with Crippen LogP contribution in [0.2, 0.25) is 0 Å². The summed E-state index contributed by atoms with van der Waals surface area (Å²) >= 11 is 3.42. The van der Waals surface area contributed by atoms with Crippen LogP contribution in [0.25, 0.3) is 11.0 Å². The molecule has 0 spiro atoms. The van der Waals surface area contributed by atoms with E-state index in [0.717, 1.165) is 10.0 Å². The molecule has 0 bridgehead atoms. The van der Waals surface area contributed by atoms with E-state index in [-0.39, 0.29) is 19.0 Å². The largest absolute Gasteiger partial charge is 0.475 e. The van der Waals surface area contributed by atoms with Crippen molar-refractivity contribution in [2.45, 2.75) is 43.5 Å². The van der Waals surface area contributed by atoms with E-state index >= 15 is 0 Å². The third-order valence-electron chi connectivity index (χ3n) is 6.05. The Kier molecular flexibility index (Phi) is 6.28. The molecule has 182 valence electrons. The zero-order valence-electron chi connectivity index (χ0n) is 18.2. The van der Waals surface area contributed by atoms with Crippen molar-refractivity contribution < 1.29 is 33.1 Å². The summed E-state index contributed by atoms with van der Waals surface area (Å²) in [4.78, 5) is 8.17. The second kappa shape index (κ2) is 8.96. The molecule has 2 aromatic heterocycles. The summed E-state index contributed by atoms with van der Waals surface area (Å²) in [5.74, 6) is 0.284. The molecule has 1 aromatic carbocycles. The fourth-order valence-corrected chi connectivity index (χ4v) is 6.05. The predicted octanol–water partition coefficient (Wildman–Crippen LogP) is 3.09. The number of halogens is 1. The highest BCUT2D eigenvalue weighted by Crippen LogP contribution is 2.57. The number of aliphatic hydroxyl groups excluding tert-OH is 1. The van der Waals surface area contributed by atoms with Crippen molar-refractivity contribution >= 4 is 40.6 Å². The van der Waals surface area contributed by atoms with Gasteiger partial charge in [0.25, 0.3) is 0 Å². The molecule has 13 heteroatoms. The van der Waals surface area contributed by atoms with Crippen molar-refractivity contribution in [2.24, 2.45) is 0 Å². The van der Waals surface area contributed by atoms with Crippen molar-refractivity contribution in [3.05, 3.63) is 52.9 Å². The van der Waals surface area contributed by atoms with Crippen molar-refractivity contribution in [1.29, 1.82) is 0 Å². The molecule has 4 N–H and O–H groups in total. The average Bonchev–Trinajstić information content (AvgIpc) is 3.32. The maximum atomic E-state index is 13.1. The highest BCUT2D eigenvalue weighted by atomic mass is 79.9. The van der Waals surface area contributed by atoms with E-state index in [0.29, 0.717) is 17.5 Å². The first-order chi connectivity index (χ1) is 16.2. The van der Waals surface area contributed by atoms with Gasteiger partial charge >= 0.3 is 7.82 Å². The lowest BCUT2D eigenvalue weighted by molar-refractivity contribution is -0.0950. The third kappa shape index (κ3) is 4.29. The zero-order chi connectivity index (χ0) is 24.1. The Bertz CT molecular complexity index is 1250. The van der Waals surface area contributed by atoms with Crippen LogP contribution in [0.4, 0.5) is 5.82 Å². The number of phosphoric acid groups is 1. The minimum Gasteiger partial charge on any atom is -0.387 e. The molecule has 4 heterocycles. The number of rotatable bonds is 5. The number of nitrogens with two attached hydrogens (primary N) is 1. The molecule has 2 saturated heterocycles. The highest BCUT2D eigenvalue weighted by molar-refractivity contribution is 9.10. The SMILES string of the molecule is C[C@@]1(O)[C@H](O)[C@@H](COP2(=O)OCC[C@@H](c3cccc(Br)c3)O2)O[C@H]1n1ccc2c(N)ncnc21. The number of nitrogen functional groups attached to an aromatic ring is 1.